The molecule has 1 amide bonds. The minimum absolute atomic E-state index is 0.0228. The van der Waals surface area contributed by atoms with E-state index in [0.29, 0.717) is 13.1 Å². The Kier molecular flexibility index (Phi) is 3.04. The van der Waals surface area contributed by atoms with Gasteiger partial charge in [0, 0.05) is 13.1 Å². The molecule has 0 atom stereocenters. The van der Waals surface area contributed by atoms with Gasteiger partial charge >= 0.3 is 5.97 Å². The summed E-state index contributed by atoms with van der Waals surface area (Å²) < 4.78 is 4.36. The van der Waals surface area contributed by atoms with Crippen LogP contribution < -0.4 is 10.6 Å². The Morgan fingerprint density at radius 3 is 2.67 bits per heavy atom. The number of methoxy groups -OCH3 is 1. The number of carbonyl (C=O) groups excluding carboxylic acids is 2. The number of rotatable bonds is 3. The van der Waals surface area contributed by atoms with E-state index in [-0.39, 0.29) is 18.4 Å². The maximum Gasteiger partial charge on any atom is 0.325 e. The zero-order valence-electron chi connectivity index (χ0n) is 6.92. The molecule has 0 radical (unpaired) electrons. The van der Waals surface area contributed by atoms with Gasteiger partial charge in [-0.3, -0.25) is 9.59 Å². The Bertz CT molecular complexity index is 189. The van der Waals surface area contributed by atoms with Crippen LogP contribution in [0.4, 0.5) is 0 Å². The van der Waals surface area contributed by atoms with Crippen LogP contribution in [0.15, 0.2) is 0 Å². The molecule has 0 spiro atoms. The van der Waals surface area contributed by atoms with Crippen LogP contribution in [0.5, 0.6) is 0 Å². The highest BCUT2D eigenvalue weighted by molar-refractivity contribution is 5.84. The first kappa shape index (κ1) is 8.99. The van der Waals surface area contributed by atoms with Gasteiger partial charge in [-0.1, -0.05) is 0 Å². The molecular weight excluding hydrogens is 160 g/mol. The van der Waals surface area contributed by atoms with Crippen molar-refractivity contribution in [2.24, 2.45) is 5.92 Å². The molecule has 0 aliphatic carbocycles. The lowest BCUT2D eigenvalue weighted by atomic mass is 10.0. The van der Waals surface area contributed by atoms with Crippen molar-refractivity contribution >= 4 is 11.9 Å². The average Bonchev–Trinajstić information content (AvgIpc) is 1.97. The molecule has 0 aromatic rings. The molecule has 1 rings (SSSR count). The van der Waals surface area contributed by atoms with E-state index in [1.54, 1.807) is 0 Å². The Labute approximate surface area is 70.5 Å². The van der Waals surface area contributed by atoms with Crippen molar-refractivity contribution in [2.45, 2.75) is 0 Å². The predicted octanol–water partition coefficient (Wildman–Crippen LogP) is -1.50. The standard InChI is InChI=1S/C7H12N2O3/c1-12-6(10)4-9-7(11)5-2-8-3-5/h5,8H,2-4H2,1H3,(H,9,11). The number of esters is 1. The van der Waals surface area contributed by atoms with Crippen LogP contribution in [0.1, 0.15) is 0 Å². The topological polar surface area (TPSA) is 67.4 Å². The molecule has 1 fully saturated rings. The van der Waals surface area contributed by atoms with Crippen molar-refractivity contribution in [3.63, 3.8) is 0 Å². The van der Waals surface area contributed by atoms with Crippen molar-refractivity contribution in [2.75, 3.05) is 26.7 Å². The largest absolute Gasteiger partial charge is 0.468 e. The fourth-order valence-electron chi connectivity index (χ4n) is 0.850. The SMILES string of the molecule is COC(=O)CNC(=O)C1CNC1. The van der Waals surface area contributed by atoms with Crippen LogP contribution in [0.3, 0.4) is 0 Å². The van der Waals surface area contributed by atoms with E-state index in [4.69, 9.17) is 0 Å². The zero-order valence-corrected chi connectivity index (χ0v) is 6.92. The van der Waals surface area contributed by atoms with E-state index < -0.39 is 5.97 Å². The van der Waals surface area contributed by atoms with Gasteiger partial charge in [0.2, 0.25) is 5.91 Å². The van der Waals surface area contributed by atoms with Gasteiger partial charge in [-0.05, 0) is 0 Å². The number of amides is 1. The van der Waals surface area contributed by atoms with Gasteiger partial charge in [0.05, 0.1) is 13.0 Å². The fraction of sp³-hybridized carbons (Fsp3) is 0.714. The lowest BCUT2D eigenvalue weighted by Crippen LogP contribution is -2.51. The third kappa shape index (κ3) is 2.20. The van der Waals surface area contributed by atoms with Gasteiger partial charge in [0.15, 0.2) is 0 Å². The first-order valence-electron chi connectivity index (χ1n) is 3.79. The molecule has 5 nitrogen and oxygen atoms in total. The second-order valence-electron chi connectivity index (χ2n) is 2.65. The number of hydrogen-bond donors (Lipinski definition) is 2. The van der Waals surface area contributed by atoms with E-state index in [0.717, 1.165) is 0 Å². The molecule has 1 heterocycles. The summed E-state index contributed by atoms with van der Waals surface area (Å²) in [6.07, 6.45) is 0. The maximum atomic E-state index is 11.1. The van der Waals surface area contributed by atoms with E-state index >= 15 is 0 Å². The van der Waals surface area contributed by atoms with E-state index in [1.807, 2.05) is 0 Å². The van der Waals surface area contributed by atoms with Gasteiger partial charge in [-0.15, -0.1) is 0 Å². The summed E-state index contributed by atoms with van der Waals surface area (Å²) in [6.45, 7) is 1.37. The molecule has 1 saturated heterocycles. The first-order chi connectivity index (χ1) is 5.74. The lowest BCUT2D eigenvalue weighted by Gasteiger charge is -2.25. The minimum Gasteiger partial charge on any atom is -0.468 e. The van der Waals surface area contributed by atoms with Crippen LogP contribution in [0, 0.1) is 5.92 Å². The second-order valence-corrected chi connectivity index (χ2v) is 2.65. The molecule has 0 aromatic carbocycles. The Balaban J connectivity index is 2.13. The molecule has 0 saturated carbocycles. The molecule has 5 heteroatoms. The average molecular weight is 172 g/mol. The summed E-state index contributed by atoms with van der Waals surface area (Å²) in [5.41, 5.74) is 0. The monoisotopic (exact) mass is 172 g/mol. The number of ether oxygens (including phenoxy) is 1. The van der Waals surface area contributed by atoms with Crippen LogP contribution in [-0.2, 0) is 14.3 Å². The second kappa shape index (κ2) is 4.06. The van der Waals surface area contributed by atoms with Crippen molar-refractivity contribution in [1.82, 2.24) is 10.6 Å². The Hall–Kier alpha value is -1.10. The Morgan fingerprint density at radius 2 is 2.25 bits per heavy atom. The third-order valence-corrected chi connectivity index (χ3v) is 1.79. The van der Waals surface area contributed by atoms with E-state index in [1.165, 1.54) is 7.11 Å². The molecule has 1 aliphatic rings. The molecule has 0 bridgehead atoms. The normalized spacial score (nSPS) is 16.4. The summed E-state index contributed by atoms with van der Waals surface area (Å²) in [5, 5.41) is 5.45. The lowest BCUT2D eigenvalue weighted by molar-refractivity contribution is -0.141. The molecule has 68 valence electrons. The predicted molar refractivity (Wildman–Crippen MR) is 41.4 cm³/mol. The number of carbonyl (C=O) groups is 2. The quantitative estimate of drug-likeness (QED) is 0.508. The molecule has 12 heavy (non-hydrogen) atoms. The highest BCUT2D eigenvalue weighted by atomic mass is 16.5. The smallest absolute Gasteiger partial charge is 0.325 e. The molecule has 2 N–H and O–H groups in total. The van der Waals surface area contributed by atoms with Crippen molar-refractivity contribution in [3.8, 4) is 0 Å². The van der Waals surface area contributed by atoms with Crippen LogP contribution in [0.25, 0.3) is 0 Å². The van der Waals surface area contributed by atoms with Crippen LogP contribution >= 0.6 is 0 Å². The first-order valence-corrected chi connectivity index (χ1v) is 3.79. The van der Waals surface area contributed by atoms with E-state index in [9.17, 15) is 9.59 Å². The van der Waals surface area contributed by atoms with Crippen LogP contribution in [-0.4, -0.2) is 38.6 Å². The van der Waals surface area contributed by atoms with Crippen molar-refractivity contribution < 1.29 is 14.3 Å². The molecular formula is C7H12N2O3. The number of nitrogens with one attached hydrogen (secondary N) is 2. The number of hydrogen-bond acceptors (Lipinski definition) is 4. The van der Waals surface area contributed by atoms with Crippen LogP contribution in [0.2, 0.25) is 0 Å². The zero-order chi connectivity index (χ0) is 8.97. The van der Waals surface area contributed by atoms with Gasteiger partial charge in [0.1, 0.15) is 6.54 Å². The summed E-state index contributed by atoms with van der Waals surface area (Å²) in [7, 11) is 1.29. The van der Waals surface area contributed by atoms with Gasteiger partial charge in [-0.25, -0.2) is 0 Å². The fourth-order valence-corrected chi connectivity index (χ4v) is 0.850. The molecule has 0 unspecified atom stereocenters. The van der Waals surface area contributed by atoms with Gasteiger partial charge in [0.25, 0.3) is 0 Å². The van der Waals surface area contributed by atoms with Gasteiger partial charge in [-0.2, -0.15) is 0 Å². The molecule has 0 aromatic heterocycles. The van der Waals surface area contributed by atoms with Crippen molar-refractivity contribution in [3.05, 3.63) is 0 Å². The summed E-state index contributed by atoms with van der Waals surface area (Å²) in [6, 6.07) is 0. The maximum absolute atomic E-state index is 11.1. The third-order valence-electron chi connectivity index (χ3n) is 1.79. The van der Waals surface area contributed by atoms with Crippen molar-refractivity contribution in [1.29, 1.82) is 0 Å². The Morgan fingerprint density at radius 1 is 1.58 bits per heavy atom. The summed E-state index contributed by atoms with van der Waals surface area (Å²) in [4.78, 5) is 21.7. The van der Waals surface area contributed by atoms with E-state index in [2.05, 4.69) is 15.4 Å². The highest BCUT2D eigenvalue weighted by Crippen LogP contribution is 2.01. The highest BCUT2D eigenvalue weighted by Gasteiger charge is 2.24. The molecule has 1 aliphatic heterocycles. The van der Waals surface area contributed by atoms with Gasteiger partial charge < -0.3 is 15.4 Å². The minimum atomic E-state index is -0.421. The summed E-state index contributed by atoms with van der Waals surface area (Å²) >= 11 is 0. The summed E-state index contributed by atoms with van der Waals surface area (Å²) in [5.74, 6) is -0.482.